The minimum absolute atomic E-state index is 0.222. The topological polar surface area (TPSA) is 43.2 Å². The molecule has 0 aliphatic carbocycles. The molecule has 6 rings (SSSR count). The molecule has 3 aliphatic heterocycles. The summed E-state index contributed by atoms with van der Waals surface area (Å²) >= 11 is 0. The number of fused-ring (bicyclic) bond motifs is 1. The second kappa shape index (κ2) is 13.9. The number of hydrogen-bond donors (Lipinski definition) is 0. The van der Waals surface area contributed by atoms with Crippen LogP contribution in [0.25, 0.3) is 10.8 Å². The van der Waals surface area contributed by atoms with E-state index in [2.05, 4.69) is 78.2 Å². The third-order valence-corrected chi connectivity index (χ3v) is 9.00. The molecule has 0 saturated carbocycles. The van der Waals surface area contributed by atoms with Crippen molar-refractivity contribution in [3.05, 3.63) is 48.5 Å². The van der Waals surface area contributed by atoms with Crippen LogP contribution >= 0.6 is 0 Å². The minimum atomic E-state index is -0.222. The van der Waals surface area contributed by atoms with E-state index in [-0.39, 0.29) is 5.54 Å². The van der Waals surface area contributed by atoms with Crippen LogP contribution in [0.2, 0.25) is 0 Å². The van der Waals surface area contributed by atoms with Gasteiger partial charge in [0.05, 0.1) is 26.4 Å². The summed E-state index contributed by atoms with van der Waals surface area (Å²) in [5.41, 5.74) is 1.89. The number of rotatable bonds is 0. The molecule has 0 amide bonds. The third kappa shape index (κ3) is 7.05. The molecule has 3 aliphatic rings. The summed E-state index contributed by atoms with van der Waals surface area (Å²) in [6, 6.07) is 17.1. The van der Waals surface area contributed by atoms with Crippen LogP contribution in [0.5, 0.6) is 23.0 Å². The monoisotopic (exact) mass is 585 g/mol. The van der Waals surface area contributed by atoms with E-state index in [1.165, 1.54) is 56.8 Å². The first-order valence-corrected chi connectivity index (χ1v) is 16.7. The lowest BCUT2D eigenvalue weighted by molar-refractivity contribution is -0.434. The van der Waals surface area contributed by atoms with Crippen molar-refractivity contribution in [2.75, 3.05) is 37.9 Å². The summed E-state index contributed by atoms with van der Waals surface area (Å²) in [4.78, 5) is 2.40. The zero-order valence-corrected chi connectivity index (χ0v) is 26.2. The summed E-state index contributed by atoms with van der Waals surface area (Å²) in [7, 11) is 0. The highest BCUT2D eigenvalue weighted by atomic mass is 16.5. The fraction of sp³-hybridized carbons (Fsp3) is 0.541. The molecule has 3 aromatic rings. The van der Waals surface area contributed by atoms with Gasteiger partial charge in [0.15, 0.2) is 22.9 Å². The molecule has 0 radical (unpaired) electrons. The van der Waals surface area contributed by atoms with Gasteiger partial charge >= 0.3 is 0 Å². The first kappa shape index (κ1) is 29.7. The van der Waals surface area contributed by atoms with E-state index in [4.69, 9.17) is 18.9 Å². The van der Waals surface area contributed by atoms with Crippen LogP contribution in [0.1, 0.15) is 90.9 Å². The van der Waals surface area contributed by atoms with E-state index in [0.29, 0.717) is 6.61 Å². The van der Waals surface area contributed by atoms with E-state index in [0.717, 1.165) is 91.8 Å². The normalized spacial score (nSPS) is 20.2. The van der Waals surface area contributed by atoms with Gasteiger partial charge in [0.25, 0.3) is 0 Å². The van der Waals surface area contributed by atoms with Crippen LogP contribution in [0.3, 0.4) is 0 Å². The molecule has 43 heavy (non-hydrogen) atoms. The van der Waals surface area contributed by atoms with E-state index >= 15 is 0 Å². The van der Waals surface area contributed by atoms with Crippen LogP contribution in [-0.2, 0) is 0 Å². The van der Waals surface area contributed by atoms with Crippen LogP contribution in [0.15, 0.2) is 48.5 Å². The molecular formula is C37H49N2O4+. The Morgan fingerprint density at radius 1 is 0.605 bits per heavy atom. The molecule has 3 heterocycles. The van der Waals surface area contributed by atoms with Crippen molar-refractivity contribution in [3.8, 4) is 23.0 Å². The fourth-order valence-electron chi connectivity index (χ4n) is 6.62. The van der Waals surface area contributed by atoms with Crippen molar-refractivity contribution >= 4 is 28.5 Å². The number of hydrogen-bond acceptors (Lipinski definition) is 5. The van der Waals surface area contributed by atoms with E-state index in [1.807, 2.05) is 0 Å². The summed E-state index contributed by atoms with van der Waals surface area (Å²) in [5, 5.41) is 2.33. The van der Waals surface area contributed by atoms with Crippen molar-refractivity contribution in [3.63, 3.8) is 0 Å². The van der Waals surface area contributed by atoms with Crippen molar-refractivity contribution in [2.24, 2.45) is 0 Å². The fourth-order valence-corrected chi connectivity index (χ4v) is 6.62. The Bertz CT molecular complexity index is 1410. The van der Waals surface area contributed by atoms with Gasteiger partial charge in [-0.2, -0.15) is 0 Å². The summed E-state index contributed by atoms with van der Waals surface area (Å²) in [6.07, 6.45) is 16.1. The van der Waals surface area contributed by atoms with Gasteiger partial charge in [0.2, 0.25) is 12.0 Å². The first-order valence-electron chi connectivity index (χ1n) is 16.7. The molecule has 6 nitrogen and oxygen atoms in total. The zero-order chi connectivity index (χ0) is 29.5. The van der Waals surface area contributed by atoms with Gasteiger partial charge in [-0.25, -0.2) is 9.48 Å². The quantitative estimate of drug-likeness (QED) is 0.246. The summed E-state index contributed by atoms with van der Waals surface area (Å²) in [6.45, 7) is 8.29. The van der Waals surface area contributed by atoms with Crippen molar-refractivity contribution in [1.82, 2.24) is 0 Å². The van der Waals surface area contributed by atoms with Crippen molar-refractivity contribution in [1.29, 1.82) is 0 Å². The minimum Gasteiger partial charge on any atom is -0.494 e. The second-order valence-electron chi connectivity index (χ2n) is 13.0. The lowest BCUT2D eigenvalue weighted by Gasteiger charge is -2.26. The summed E-state index contributed by atoms with van der Waals surface area (Å²) < 4.78 is 28.3. The molecule has 0 atom stereocenters. The highest BCUT2D eigenvalue weighted by Crippen LogP contribution is 2.45. The molecular weight excluding hydrogens is 536 g/mol. The molecule has 0 unspecified atom stereocenters. The Morgan fingerprint density at radius 2 is 1.14 bits per heavy atom. The Morgan fingerprint density at radius 3 is 1.77 bits per heavy atom. The Kier molecular flexibility index (Phi) is 9.60. The predicted octanol–water partition coefficient (Wildman–Crippen LogP) is 9.03. The van der Waals surface area contributed by atoms with Gasteiger partial charge in [0, 0.05) is 5.39 Å². The SMILES string of the molecule is CC1(C)C[N+]2=CN1c1c3ccc4ccc(cc14)OCCCCCCCCOc1cccc(c12)OCCCCCCCCO3. The molecule has 230 valence electrons. The first-order chi connectivity index (χ1) is 21.1. The molecule has 0 spiro atoms. The molecule has 6 bridgehead atoms. The van der Waals surface area contributed by atoms with Gasteiger partial charge < -0.3 is 18.9 Å². The molecule has 0 aromatic heterocycles. The molecule has 0 fully saturated rings. The number of anilines is 1. The largest absolute Gasteiger partial charge is 0.494 e. The molecule has 6 heteroatoms. The van der Waals surface area contributed by atoms with Crippen molar-refractivity contribution in [2.45, 2.75) is 96.4 Å². The molecule has 3 aromatic carbocycles. The average molecular weight is 586 g/mol. The molecule has 0 saturated heterocycles. The second-order valence-corrected chi connectivity index (χ2v) is 13.0. The average Bonchev–Trinajstić information content (AvgIpc) is 3.31. The third-order valence-electron chi connectivity index (χ3n) is 9.00. The maximum atomic E-state index is 6.60. The smallest absolute Gasteiger partial charge is 0.245 e. The van der Waals surface area contributed by atoms with Gasteiger partial charge in [-0.05, 0) is 75.2 Å². The Hall–Kier alpha value is -3.41. The highest BCUT2D eigenvalue weighted by Gasteiger charge is 2.45. The predicted molar refractivity (Wildman–Crippen MR) is 175 cm³/mol. The van der Waals surface area contributed by atoms with E-state index < -0.39 is 0 Å². The number of nitrogens with zero attached hydrogens (tertiary/aromatic N) is 2. The highest BCUT2D eigenvalue weighted by molar-refractivity contribution is 6.03. The van der Waals surface area contributed by atoms with Gasteiger partial charge in [-0.3, -0.25) is 0 Å². The van der Waals surface area contributed by atoms with Crippen LogP contribution in [0, 0.1) is 0 Å². The lowest BCUT2D eigenvalue weighted by Crippen LogP contribution is -2.41. The van der Waals surface area contributed by atoms with Gasteiger partial charge in [-0.1, -0.05) is 69.6 Å². The van der Waals surface area contributed by atoms with Crippen molar-refractivity contribution < 1.29 is 23.5 Å². The van der Waals surface area contributed by atoms with Crippen LogP contribution < -0.4 is 23.8 Å². The maximum Gasteiger partial charge on any atom is 0.245 e. The van der Waals surface area contributed by atoms with E-state index in [1.54, 1.807) is 0 Å². The van der Waals surface area contributed by atoms with E-state index in [9.17, 15) is 0 Å². The number of ether oxygens (including phenoxy) is 4. The zero-order valence-electron chi connectivity index (χ0n) is 26.2. The van der Waals surface area contributed by atoms with Gasteiger partial charge in [-0.15, -0.1) is 0 Å². The number of para-hydroxylation sites is 1. The van der Waals surface area contributed by atoms with Crippen LogP contribution in [-0.4, -0.2) is 49.4 Å². The van der Waals surface area contributed by atoms with Crippen LogP contribution in [0.4, 0.5) is 11.4 Å². The summed E-state index contributed by atoms with van der Waals surface area (Å²) in [5.74, 6) is 3.64. The molecule has 0 N–H and O–H groups in total. The maximum absolute atomic E-state index is 6.60. The lowest BCUT2D eigenvalue weighted by atomic mass is 10.00. The number of benzene rings is 3. The van der Waals surface area contributed by atoms with Gasteiger partial charge in [0.1, 0.15) is 17.8 Å². The Labute approximate surface area is 257 Å². The Balaban J connectivity index is 1.50. The standard InChI is InChI=1S/C37H49N2O4/c1-37(2)27-38-28-39(37)35-31-26-30-20-18-29(31)19-21-34(35)43-25-14-10-6-5-9-13-24-42-33-17-15-16-32(36(33)38)41-23-12-8-4-3-7-11-22-40-30/h15-21,26,28H,3-14,22-25,27H2,1-2H3/q+1.